The van der Waals surface area contributed by atoms with Gasteiger partial charge in [-0.15, -0.1) is 0 Å². The molecule has 0 aliphatic rings. The number of aromatic nitrogens is 12. The van der Waals surface area contributed by atoms with E-state index in [9.17, 15) is 17.6 Å². The Hall–Kier alpha value is -9.47. The molecule has 0 aliphatic carbocycles. The molecule has 12 rings (SSSR count). The largest absolute Gasteiger partial charge is 0.497 e. The van der Waals surface area contributed by atoms with E-state index in [0.717, 1.165) is 216 Å². The lowest BCUT2D eigenvalue weighted by Crippen LogP contribution is -2.18. The van der Waals surface area contributed by atoms with E-state index in [0.29, 0.717) is 17.1 Å². The monoisotopic (exact) mass is 1680 g/mol. The first-order valence-corrected chi connectivity index (χ1v) is 41.4. The van der Waals surface area contributed by atoms with Gasteiger partial charge in [0.2, 0.25) is 0 Å². The van der Waals surface area contributed by atoms with Crippen molar-refractivity contribution in [3.8, 4) is 79.0 Å². The highest BCUT2D eigenvalue weighted by Gasteiger charge is 2.30. The van der Waals surface area contributed by atoms with Crippen LogP contribution in [0.4, 0.5) is 17.6 Å². The third kappa shape index (κ3) is 29.2. The van der Waals surface area contributed by atoms with Gasteiger partial charge in [0.25, 0.3) is 0 Å². The molecule has 0 atom stereocenters. The smallest absolute Gasteiger partial charge is 0.416 e. The first kappa shape index (κ1) is 95.7. The van der Waals surface area contributed by atoms with Crippen LogP contribution >= 0.6 is 34.8 Å². The number of rotatable bonds is 32. The zero-order valence-electron chi connectivity index (χ0n) is 72.0. The number of H-pyrrole nitrogens is 6. The van der Waals surface area contributed by atoms with E-state index in [1.807, 2.05) is 75.2 Å². The Morgan fingerprint density at radius 3 is 1.03 bits per heavy atom. The minimum Gasteiger partial charge on any atom is -0.497 e. The van der Waals surface area contributed by atoms with Crippen LogP contribution in [0.1, 0.15) is 141 Å². The van der Waals surface area contributed by atoms with Gasteiger partial charge < -0.3 is 38.9 Å². The summed E-state index contributed by atoms with van der Waals surface area (Å²) in [7, 11) is 15.9. The molecule has 0 saturated heterocycles. The lowest BCUT2D eigenvalue weighted by atomic mass is 10.0. The normalized spacial score (nSPS) is 11.3. The van der Waals surface area contributed by atoms with Crippen LogP contribution in [-0.2, 0) is 45.4 Å². The molecule has 0 aliphatic heterocycles. The van der Waals surface area contributed by atoms with Gasteiger partial charge in [-0.3, -0.25) is 30.6 Å². The molecule has 6 aromatic heterocycles. The molecule has 6 aromatic carbocycles. The number of hydrogen-bond donors (Lipinski definition) is 6. The van der Waals surface area contributed by atoms with Gasteiger partial charge in [-0.05, 0) is 225 Å². The maximum Gasteiger partial charge on any atom is 0.416 e. The SMILES string of the molecule is CCCN(C)Cc1cn[nH]c1-c1cc(C)ccc1Cl.CCCN(C)Cc1cn[nH]c1-c1ccc(C(F)(F)F)cc1.CCCN(C)Cc1cn[nH]c1-c1ccc(C)cc1C.CCCN(C)Cc1cn[nH]c1-c1ccc(C)cc1Cl.CCCN(C)Cc1cn[nH]c1-c1ccc(F)cc1Cl.CCCN(C)Cc1cn[nH]c1-c1ccc(OC)cc1OC. The molecule has 27 heteroatoms. The predicted octanol–water partition coefficient (Wildman–Crippen LogP) is 21.9. The molecule has 0 unspecified atom stereocenters. The fourth-order valence-corrected chi connectivity index (χ4v) is 14.6. The summed E-state index contributed by atoms with van der Waals surface area (Å²) >= 11 is 18.7. The van der Waals surface area contributed by atoms with Crippen molar-refractivity contribution in [2.75, 3.05) is 95.8 Å². The van der Waals surface area contributed by atoms with Gasteiger partial charge in [-0.1, -0.05) is 136 Å². The molecule has 118 heavy (non-hydrogen) atoms. The summed E-state index contributed by atoms with van der Waals surface area (Å²) in [4.78, 5) is 13.6. The second-order valence-corrected chi connectivity index (χ2v) is 31.3. The summed E-state index contributed by atoms with van der Waals surface area (Å²) in [6.07, 6.45) is 13.6. The maximum atomic E-state index is 13.1. The van der Waals surface area contributed by atoms with Gasteiger partial charge in [-0.25, -0.2) is 4.39 Å². The van der Waals surface area contributed by atoms with Crippen molar-refractivity contribution < 1.29 is 27.0 Å². The molecule has 0 spiro atoms. The molecule has 20 nitrogen and oxygen atoms in total. The summed E-state index contributed by atoms with van der Waals surface area (Å²) in [6.45, 7) is 32.7. The van der Waals surface area contributed by atoms with E-state index < -0.39 is 11.7 Å². The highest BCUT2D eigenvalue weighted by molar-refractivity contribution is 6.34. The van der Waals surface area contributed by atoms with Crippen LogP contribution in [0, 0.1) is 33.5 Å². The molecule has 0 fully saturated rings. The number of alkyl halides is 3. The van der Waals surface area contributed by atoms with Crippen molar-refractivity contribution >= 4 is 34.8 Å². The molecule has 0 amide bonds. The first-order chi connectivity index (χ1) is 56.6. The van der Waals surface area contributed by atoms with E-state index in [-0.39, 0.29) is 5.82 Å². The number of methoxy groups -OCH3 is 2. The van der Waals surface area contributed by atoms with Gasteiger partial charge in [0.05, 0.1) is 101 Å². The van der Waals surface area contributed by atoms with Crippen LogP contribution in [-0.4, -0.2) is 186 Å². The Balaban J connectivity index is 0.000000196. The molecule has 6 N–H and O–H groups in total. The third-order valence-corrected chi connectivity index (χ3v) is 20.4. The summed E-state index contributed by atoms with van der Waals surface area (Å²) in [5, 5.41) is 44.9. The standard InChI is InChI=1S/C16H23N3O2.C16H23N3.2C15H20ClN3.C15H18F3N3.C14H17ClFN3/c1-5-8-19(2)11-12-10-17-18-16(12)14-7-6-13(20-3)9-15(14)21-4;1-5-8-19(4)11-14-10-17-18-16(14)15-7-6-12(2)9-13(15)3;1-4-7-19(3)10-12-9-17-18-15(12)13-8-11(2)5-6-14(13)16;1-4-7-19(3)10-12-9-17-18-15(12)13-6-5-11(2)8-14(13)16;1-3-8-21(2)10-12-9-19-20-14(12)11-4-6-13(7-5-11)15(16,17)18;1-3-6-19(2)9-10-8-17-18-14(10)12-5-4-11(16)7-13(12)15/h6-7,9-10H,5,8,11H2,1-4H3,(H,17,18);6-7,9-10H,5,8,11H2,1-4H3,(H,17,18);2*5-6,8-9H,4,7,10H2,1-3H3,(H,17,18);4-7,9H,3,8,10H2,1-2H3,(H,19,20);4-5,7-8H,3,6,9H2,1-2H3,(H,17,18). The first-order valence-electron chi connectivity index (χ1n) is 40.3. The number of hydrogen-bond acceptors (Lipinski definition) is 14. The second-order valence-electron chi connectivity index (χ2n) is 30.1. The minimum absolute atomic E-state index is 0.335. The van der Waals surface area contributed by atoms with Gasteiger partial charge in [-0.2, -0.15) is 43.8 Å². The Kier molecular flexibility index (Phi) is 39.4. The summed E-state index contributed by atoms with van der Waals surface area (Å²) < 4.78 is 61.5. The Morgan fingerprint density at radius 1 is 0.339 bits per heavy atom. The van der Waals surface area contributed by atoms with Gasteiger partial charge in [0.15, 0.2) is 0 Å². The Bertz CT molecular complexity index is 4700. The van der Waals surface area contributed by atoms with Crippen molar-refractivity contribution in [3.63, 3.8) is 0 Å². The zero-order valence-corrected chi connectivity index (χ0v) is 74.3. The van der Waals surface area contributed by atoms with E-state index in [1.165, 1.54) is 69.6 Å². The van der Waals surface area contributed by atoms with E-state index in [1.54, 1.807) is 32.7 Å². The maximum absolute atomic E-state index is 13.1. The van der Waals surface area contributed by atoms with Crippen LogP contribution in [0.2, 0.25) is 15.1 Å². The average molecular weight is 1680 g/mol. The lowest BCUT2D eigenvalue weighted by molar-refractivity contribution is -0.137. The number of halogens is 7. The van der Waals surface area contributed by atoms with E-state index in [2.05, 4.69) is 225 Å². The van der Waals surface area contributed by atoms with Gasteiger partial charge >= 0.3 is 6.18 Å². The van der Waals surface area contributed by atoms with Gasteiger partial charge in [0.1, 0.15) is 17.3 Å². The number of aromatic amines is 6. The number of ether oxygens (including phenoxy) is 2. The van der Waals surface area contributed by atoms with Crippen molar-refractivity contribution in [3.05, 3.63) is 235 Å². The summed E-state index contributed by atoms with van der Waals surface area (Å²) in [6, 6.07) is 34.0. The van der Waals surface area contributed by atoms with Crippen LogP contribution < -0.4 is 9.47 Å². The van der Waals surface area contributed by atoms with Crippen LogP contribution in [0.3, 0.4) is 0 Å². The van der Waals surface area contributed by atoms with Crippen molar-refractivity contribution in [2.45, 2.75) is 153 Å². The highest BCUT2D eigenvalue weighted by atomic mass is 35.5. The quantitative estimate of drug-likeness (QED) is 0.0217. The fourth-order valence-electron chi connectivity index (χ4n) is 13.8. The molecular formula is C91H121Cl3F4N18O2. The summed E-state index contributed by atoms with van der Waals surface area (Å²) in [5.74, 6) is 1.22. The van der Waals surface area contributed by atoms with Crippen LogP contribution in [0.15, 0.2) is 152 Å². The highest BCUT2D eigenvalue weighted by Crippen LogP contribution is 2.37. The molecular weight excluding hydrogens is 1560 g/mol. The lowest BCUT2D eigenvalue weighted by Gasteiger charge is -2.16. The molecule has 0 radical (unpaired) electrons. The molecule has 0 bridgehead atoms. The summed E-state index contributed by atoms with van der Waals surface area (Å²) in [5.41, 5.74) is 22.7. The van der Waals surface area contributed by atoms with Gasteiger partial charge in [0, 0.05) is 112 Å². The van der Waals surface area contributed by atoms with Crippen LogP contribution in [0.25, 0.3) is 67.5 Å². The second kappa shape index (κ2) is 48.6. The number of nitrogens with zero attached hydrogens (tertiary/aromatic N) is 12. The Labute approximate surface area is 710 Å². The average Bonchev–Trinajstić information content (AvgIpc) is 1.66. The topological polar surface area (TPSA) is 210 Å². The van der Waals surface area contributed by atoms with Crippen molar-refractivity contribution in [1.82, 2.24) is 90.6 Å². The molecule has 636 valence electrons. The zero-order chi connectivity index (χ0) is 86.0. The van der Waals surface area contributed by atoms with Crippen molar-refractivity contribution in [2.24, 2.45) is 0 Å². The third-order valence-electron chi connectivity index (χ3n) is 19.4. The molecule has 12 aromatic rings. The fraction of sp³-hybridized carbons (Fsp3) is 0.407. The van der Waals surface area contributed by atoms with E-state index >= 15 is 0 Å². The molecule has 0 saturated carbocycles. The number of aryl methyl sites for hydroxylation is 4. The van der Waals surface area contributed by atoms with Crippen molar-refractivity contribution in [1.29, 1.82) is 0 Å². The minimum atomic E-state index is -4.31. The van der Waals surface area contributed by atoms with Crippen LogP contribution in [0.5, 0.6) is 11.5 Å². The number of benzene rings is 6. The Morgan fingerprint density at radius 2 is 0.661 bits per heavy atom. The van der Waals surface area contributed by atoms with E-state index in [4.69, 9.17) is 44.3 Å². The molecule has 6 heterocycles. The predicted molar refractivity (Wildman–Crippen MR) is 476 cm³/mol. The number of nitrogens with one attached hydrogen (secondary N) is 6.